The summed E-state index contributed by atoms with van der Waals surface area (Å²) in [6, 6.07) is 0. The second kappa shape index (κ2) is 2.43. The molecule has 0 aliphatic rings. The fraction of sp³-hybridized carbons (Fsp3) is 0.167. The maximum Gasteiger partial charge on any atom is 0.175 e. The zero-order chi connectivity index (χ0) is 7.68. The van der Waals surface area contributed by atoms with Gasteiger partial charge in [-0.3, -0.25) is 4.98 Å². The summed E-state index contributed by atoms with van der Waals surface area (Å²) < 4.78 is 1.87. The first-order valence-electron chi connectivity index (χ1n) is 3.11. The summed E-state index contributed by atoms with van der Waals surface area (Å²) in [6.07, 6.45) is 3.46. The Bertz CT molecular complexity index is 337. The summed E-state index contributed by atoms with van der Waals surface area (Å²) >= 11 is 1.56. The van der Waals surface area contributed by atoms with Crippen molar-refractivity contribution >= 4 is 11.3 Å². The Morgan fingerprint density at radius 2 is 2.45 bits per heavy atom. The van der Waals surface area contributed by atoms with E-state index in [0.717, 1.165) is 10.7 Å². The molecule has 2 aromatic rings. The first-order valence-corrected chi connectivity index (χ1v) is 3.99. The lowest BCUT2D eigenvalue weighted by atomic mass is 10.5. The van der Waals surface area contributed by atoms with Crippen LogP contribution >= 0.6 is 11.3 Å². The highest BCUT2D eigenvalue weighted by atomic mass is 32.1. The maximum atomic E-state index is 3.96. The Kier molecular flexibility index (Phi) is 1.43. The van der Waals surface area contributed by atoms with E-state index in [4.69, 9.17) is 0 Å². The van der Waals surface area contributed by atoms with Crippen LogP contribution in [0.5, 0.6) is 0 Å². The van der Waals surface area contributed by atoms with Crippen molar-refractivity contribution < 1.29 is 0 Å². The summed E-state index contributed by atoms with van der Waals surface area (Å²) in [7, 11) is 1.91. The van der Waals surface area contributed by atoms with E-state index in [0.29, 0.717) is 0 Å². The van der Waals surface area contributed by atoms with Crippen LogP contribution in [0.1, 0.15) is 0 Å². The SMILES string of the molecule is Cn1cnnc1-c1cncs1. The van der Waals surface area contributed by atoms with Gasteiger partial charge in [0.1, 0.15) is 6.33 Å². The number of thiazole rings is 1. The predicted molar refractivity (Wildman–Crippen MR) is 42.1 cm³/mol. The van der Waals surface area contributed by atoms with Crippen molar-refractivity contribution in [3.63, 3.8) is 0 Å². The second-order valence-electron chi connectivity index (χ2n) is 2.13. The molecule has 0 aliphatic carbocycles. The minimum absolute atomic E-state index is 0.868. The van der Waals surface area contributed by atoms with Gasteiger partial charge in [0, 0.05) is 13.2 Å². The second-order valence-corrected chi connectivity index (χ2v) is 3.02. The van der Waals surface area contributed by atoms with Crippen LogP contribution in [-0.2, 0) is 7.05 Å². The van der Waals surface area contributed by atoms with E-state index in [1.54, 1.807) is 29.4 Å². The Labute approximate surface area is 67.5 Å². The van der Waals surface area contributed by atoms with E-state index < -0.39 is 0 Å². The molecule has 2 aromatic heterocycles. The van der Waals surface area contributed by atoms with E-state index >= 15 is 0 Å². The van der Waals surface area contributed by atoms with Gasteiger partial charge in [-0.2, -0.15) is 0 Å². The van der Waals surface area contributed by atoms with Crippen LogP contribution in [0.4, 0.5) is 0 Å². The Morgan fingerprint density at radius 1 is 1.55 bits per heavy atom. The van der Waals surface area contributed by atoms with E-state index in [-0.39, 0.29) is 0 Å². The molecule has 0 saturated carbocycles. The molecule has 56 valence electrons. The quantitative estimate of drug-likeness (QED) is 0.633. The van der Waals surface area contributed by atoms with E-state index in [1.165, 1.54) is 0 Å². The molecular formula is C6H6N4S. The Balaban J connectivity index is 2.53. The number of rotatable bonds is 1. The van der Waals surface area contributed by atoms with Crippen LogP contribution in [0, 0.1) is 0 Å². The van der Waals surface area contributed by atoms with Crippen molar-refractivity contribution in [2.45, 2.75) is 0 Å². The van der Waals surface area contributed by atoms with Crippen molar-refractivity contribution in [3.05, 3.63) is 18.0 Å². The zero-order valence-corrected chi connectivity index (χ0v) is 6.75. The number of nitrogens with zero attached hydrogens (tertiary/aromatic N) is 4. The third kappa shape index (κ3) is 1.03. The van der Waals surface area contributed by atoms with Crippen molar-refractivity contribution in [3.8, 4) is 10.7 Å². The summed E-state index contributed by atoms with van der Waals surface area (Å²) in [6.45, 7) is 0. The number of aromatic nitrogens is 4. The van der Waals surface area contributed by atoms with Crippen LogP contribution in [-0.4, -0.2) is 19.7 Å². The molecule has 0 atom stereocenters. The monoisotopic (exact) mass is 166 g/mol. The fourth-order valence-electron chi connectivity index (χ4n) is 0.832. The van der Waals surface area contributed by atoms with E-state index in [9.17, 15) is 0 Å². The van der Waals surface area contributed by atoms with Gasteiger partial charge in [-0.25, -0.2) is 0 Å². The highest BCUT2D eigenvalue weighted by Crippen LogP contribution is 2.18. The average Bonchev–Trinajstić information content (AvgIpc) is 2.55. The van der Waals surface area contributed by atoms with Gasteiger partial charge < -0.3 is 4.57 Å². The van der Waals surface area contributed by atoms with Gasteiger partial charge in [0.2, 0.25) is 0 Å². The summed E-state index contributed by atoms with van der Waals surface area (Å²) in [5.41, 5.74) is 1.78. The van der Waals surface area contributed by atoms with Gasteiger partial charge in [-0.1, -0.05) is 0 Å². The minimum Gasteiger partial charge on any atom is -0.316 e. The highest BCUT2D eigenvalue weighted by molar-refractivity contribution is 7.13. The normalized spacial score (nSPS) is 10.3. The number of aryl methyl sites for hydroxylation is 1. The molecule has 0 radical (unpaired) electrons. The lowest BCUT2D eigenvalue weighted by molar-refractivity contribution is 0.922. The first kappa shape index (κ1) is 6.48. The number of hydrogen-bond acceptors (Lipinski definition) is 4. The minimum atomic E-state index is 0.868. The molecule has 0 aliphatic heterocycles. The Morgan fingerprint density at radius 3 is 3.00 bits per heavy atom. The third-order valence-electron chi connectivity index (χ3n) is 1.36. The molecule has 0 bridgehead atoms. The largest absolute Gasteiger partial charge is 0.316 e. The summed E-state index contributed by atoms with van der Waals surface area (Å²) in [4.78, 5) is 5.00. The van der Waals surface area contributed by atoms with Gasteiger partial charge >= 0.3 is 0 Å². The van der Waals surface area contributed by atoms with Crippen molar-refractivity contribution in [1.29, 1.82) is 0 Å². The molecule has 0 unspecified atom stereocenters. The van der Waals surface area contributed by atoms with Gasteiger partial charge in [0.05, 0.1) is 10.4 Å². The topological polar surface area (TPSA) is 43.6 Å². The van der Waals surface area contributed by atoms with Crippen LogP contribution in [0.25, 0.3) is 10.7 Å². The molecule has 2 heterocycles. The molecule has 0 aromatic carbocycles. The lowest BCUT2D eigenvalue weighted by Gasteiger charge is -1.92. The summed E-state index contributed by atoms with van der Waals surface area (Å²) in [5, 5.41) is 7.71. The molecule has 5 heteroatoms. The van der Waals surface area contributed by atoms with Crippen LogP contribution in [0.3, 0.4) is 0 Å². The molecule has 0 amide bonds. The van der Waals surface area contributed by atoms with E-state index in [2.05, 4.69) is 15.2 Å². The molecule has 11 heavy (non-hydrogen) atoms. The van der Waals surface area contributed by atoms with Gasteiger partial charge in [-0.05, 0) is 0 Å². The van der Waals surface area contributed by atoms with Gasteiger partial charge in [-0.15, -0.1) is 21.5 Å². The van der Waals surface area contributed by atoms with Crippen molar-refractivity contribution in [2.75, 3.05) is 0 Å². The van der Waals surface area contributed by atoms with Crippen LogP contribution in [0.15, 0.2) is 18.0 Å². The van der Waals surface area contributed by atoms with E-state index in [1.807, 2.05) is 11.6 Å². The summed E-state index contributed by atoms with van der Waals surface area (Å²) in [5.74, 6) is 0.868. The van der Waals surface area contributed by atoms with Crippen LogP contribution in [0.2, 0.25) is 0 Å². The molecule has 4 nitrogen and oxygen atoms in total. The van der Waals surface area contributed by atoms with Gasteiger partial charge in [0.25, 0.3) is 0 Å². The predicted octanol–water partition coefficient (Wildman–Crippen LogP) is 0.939. The van der Waals surface area contributed by atoms with Crippen molar-refractivity contribution in [1.82, 2.24) is 19.7 Å². The average molecular weight is 166 g/mol. The molecule has 0 spiro atoms. The number of hydrogen-bond donors (Lipinski definition) is 0. The first-order chi connectivity index (χ1) is 5.38. The molecule has 0 N–H and O–H groups in total. The standard InChI is InChI=1S/C6H6N4S/c1-10-3-8-9-6(10)5-2-7-4-11-5/h2-4H,1H3. The van der Waals surface area contributed by atoms with Crippen LogP contribution < -0.4 is 0 Å². The molecule has 2 rings (SSSR count). The lowest BCUT2D eigenvalue weighted by Crippen LogP contribution is -1.87. The molecule has 0 saturated heterocycles. The van der Waals surface area contributed by atoms with Gasteiger partial charge in [0.15, 0.2) is 5.82 Å². The fourth-order valence-corrected chi connectivity index (χ4v) is 1.48. The zero-order valence-electron chi connectivity index (χ0n) is 5.93. The Hall–Kier alpha value is -1.23. The molecule has 0 fully saturated rings. The highest BCUT2D eigenvalue weighted by Gasteiger charge is 2.04. The maximum absolute atomic E-state index is 3.96. The smallest absolute Gasteiger partial charge is 0.175 e. The molecular weight excluding hydrogens is 160 g/mol. The van der Waals surface area contributed by atoms with Crippen molar-refractivity contribution in [2.24, 2.45) is 7.05 Å². The third-order valence-corrected chi connectivity index (χ3v) is 2.13.